The van der Waals surface area contributed by atoms with E-state index in [1.165, 1.54) is 12.1 Å². The van der Waals surface area contributed by atoms with Gasteiger partial charge in [0.05, 0.1) is 17.6 Å². The fourth-order valence-electron chi connectivity index (χ4n) is 3.37. The van der Waals surface area contributed by atoms with Gasteiger partial charge in [0.2, 0.25) is 0 Å². The molecule has 4 aromatic rings. The van der Waals surface area contributed by atoms with Crippen molar-refractivity contribution < 1.29 is 13.6 Å². The molecule has 5 heteroatoms. The van der Waals surface area contributed by atoms with Crippen LogP contribution in [0, 0.1) is 5.82 Å². The predicted octanol–water partition coefficient (Wildman–Crippen LogP) is 4.47. The van der Waals surface area contributed by atoms with Crippen LogP contribution in [0.25, 0.3) is 21.9 Å². The van der Waals surface area contributed by atoms with Crippen molar-refractivity contribution in [3.63, 3.8) is 0 Å². The van der Waals surface area contributed by atoms with Gasteiger partial charge in [-0.1, -0.05) is 12.1 Å². The van der Waals surface area contributed by atoms with Crippen molar-refractivity contribution in [2.45, 2.75) is 25.4 Å². The lowest BCUT2D eigenvalue weighted by Crippen LogP contribution is -2.26. The Morgan fingerprint density at radius 2 is 2.04 bits per heavy atom. The lowest BCUT2D eigenvalue weighted by Gasteiger charge is -2.09. The van der Waals surface area contributed by atoms with E-state index in [0.717, 1.165) is 34.9 Å². The van der Waals surface area contributed by atoms with Crippen LogP contribution in [0.4, 0.5) is 4.39 Å². The predicted molar refractivity (Wildman–Crippen MR) is 97.7 cm³/mol. The number of carbonyl (C=O) groups is 1. The zero-order chi connectivity index (χ0) is 17.7. The van der Waals surface area contributed by atoms with Crippen LogP contribution >= 0.6 is 0 Å². The Kier molecular flexibility index (Phi) is 3.35. The van der Waals surface area contributed by atoms with Crippen LogP contribution in [0.15, 0.2) is 59.1 Å². The number of fused-ring (bicyclic) bond motifs is 2. The molecule has 2 aromatic heterocycles. The van der Waals surface area contributed by atoms with Crippen molar-refractivity contribution in [2.24, 2.45) is 0 Å². The van der Waals surface area contributed by atoms with E-state index in [4.69, 9.17) is 4.42 Å². The van der Waals surface area contributed by atoms with Gasteiger partial charge in [-0.05, 0) is 43.2 Å². The summed E-state index contributed by atoms with van der Waals surface area (Å²) in [6, 6.07) is 14.5. The number of hydrogen-bond donors (Lipinski definition) is 1. The molecule has 1 saturated carbocycles. The second-order valence-corrected chi connectivity index (χ2v) is 6.83. The summed E-state index contributed by atoms with van der Waals surface area (Å²) in [5, 5.41) is 4.93. The summed E-state index contributed by atoms with van der Waals surface area (Å²) in [6.07, 6.45) is 4.06. The van der Waals surface area contributed by atoms with Crippen LogP contribution < -0.4 is 5.32 Å². The van der Waals surface area contributed by atoms with Crippen LogP contribution in [-0.2, 0) is 6.54 Å². The Morgan fingerprint density at radius 3 is 2.88 bits per heavy atom. The van der Waals surface area contributed by atoms with Gasteiger partial charge < -0.3 is 14.3 Å². The van der Waals surface area contributed by atoms with Crippen LogP contribution in [0.3, 0.4) is 0 Å². The van der Waals surface area contributed by atoms with Crippen LogP contribution in [0.2, 0.25) is 0 Å². The Balaban J connectivity index is 1.54. The van der Waals surface area contributed by atoms with Crippen LogP contribution in [-0.4, -0.2) is 16.5 Å². The number of nitrogens with one attached hydrogen (secondary N) is 1. The van der Waals surface area contributed by atoms with Gasteiger partial charge in [0.1, 0.15) is 17.2 Å². The summed E-state index contributed by atoms with van der Waals surface area (Å²) >= 11 is 0. The summed E-state index contributed by atoms with van der Waals surface area (Å²) in [5.41, 5.74) is 2.09. The number of amides is 1. The van der Waals surface area contributed by atoms with E-state index < -0.39 is 0 Å². The van der Waals surface area contributed by atoms with Gasteiger partial charge in [0.15, 0.2) is 0 Å². The maximum atomic E-state index is 13.4. The largest absolute Gasteiger partial charge is 0.459 e. The molecule has 0 aliphatic heterocycles. The molecule has 1 amide bonds. The number of nitrogens with zero attached hydrogens (tertiary/aromatic N) is 1. The highest BCUT2D eigenvalue weighted by Crippen LogP contribution is 2.26. The summed E-state index contributed by atoms with van der Waals surface area (Å²) in [6.45, 7) is 0.480. The maximum Gasteiger partial charge on any atom is 0.253 e. The molecule has 0 unspecified atom stereocenters. The number of benzene rings is 2. The van der Waals surface area contributed by atoms with Crippen molar-refractivity contribution in [1.82, 2.24) is 9.88 Å². The van der Waals surface area contributed by atoms with E-state index in [-0.39, 0.29) is 11.7 Å². The minimum atomic E-state index is -0.316. The van der Waals surface area contributed by atoms with Crippen molar-refractivity contribution in [3.05, 3.63) is 71.9 Å². The molecule has 0 saturated heterocycles. The summed E-state index contributed by atoms with van der Waals surface area (Å²) in [7, 11) is 0. The fraction of sp³-hybridized carbons (Fsp3) is 0.190. The molecule has 1 N–H and O–H groups in total. The van der Waals surface area contributed by atoms with Crippen molar-refractivity contribution in [3.8, 4) is 0 Å². The van der Waals surface area contributed by atoms with Crippen molar-refractivity contribution in [2.75, 3.05) is 0 Å². The quantitative estimate of drug-likeness (QED) is 0.592. The highest BCUT2D eigenvalue weighted by atomic mass is 19.1. The van der Waals surface area contributed by atoms with Crippen molar-refractivity contribution in [1.29, 1.82) is 0 Å². The van der Waals surface area contributed by atoms with Gasteiger partial charge in [0, 0.05) is 29.1 Å². The molecule has 5 rings (SSSR count). The minimum absolute atomic E-state index is 0.0373. The molecule has 130 valence electrons. The number of rotatable bonds is 4. The number of carbonyl (C=O) groups excluding carboxylic acids is 1. The highest BCUT2D eigenvalue weighted by Gasteiger charge is 2.25. The van der Waals surface area contributed by atoms with Crippen LogP contribution in [0.1, 0.15) is 29.0 Å². The lowest BCUT2D eigenvalue weighted by atomic mass is 10.1. The van der Waals surface area contributed by atoms with Gasteiger partial charge in [-0.3, -0.25) is 4.79 Å². The van der Waals surface area contributed by atoms with Crippen molar-refractivity contribution >= 4 is 27.8 Å². The molecule has 0 atom stereocenters. The number of aromatic nitrogens is 1. The summed E-state index contributed by atoms with van der Waals surface area (Å²) in [4.78, 5) is 12.6. The third-order valence-corrected chi connectivity index (χ3v) is 4.81. The number of furan rings is 1. The molecule has 0 radical (unpaired) electrons. The molecule has 0 bridgehead atoms. The van der Waals surface area contributed by atoms with E-state index in [0.29, 0.717) is 23.7 Å². The first-order valence-electron chi connectivity index (χ1n) is 8.74. The Labute approximate surface area is 149 Å². The smallest absolute Gasteiger partial charge is 0.253 e. The van der Waals surface area contributed by atoms with E-state index in [1.54, 1.807) is 6.07 Å². The molecular weight excluding hydrogens is 331 g/mol. The SMILES string of the molecule is O=C(NC1CC1)c1cccc2ccn(Cc3cc4ccc(F)cc4o3)c12. The Bertz CT molecular complexity index is 1140. The van der Waals surface area contributed by atoms with E-state index in [9.17, 15) is 9.18 Å². The molecule has 1 fully saturated rings. The summed E-state index contributed by atoms with van der Waals surface area (Å²) in [5.74, 6) is 0.370. The third-order valence-electron chi connectivity index (χ3n) is 4.81. The molecule has 26 heavy (non-hydrogen) atoms. The maximum absolute atomic E-state index is 13.4. The monoisotopic (exact) mass is 348 g/mol. The average molecular weight is 348 g/mol. The molecule has 0 spiro atoms. The molecule has 1 aliphatic carbocycles. The van der Waals surface area contributed by atoms with Crippen LogP contribution in [0.5, 0.6) is 0 Å². The fourth-order valence-corrected chi connectivity index (χ4v) is 3.37. The van der Waals surface area contributed by atoms with Gasteiger partial charge in [0.25, 0.3) is 5.91 Å². The molecular formula is C21H17FN2O2. The normalized spacial score (nSPS) is 14.2. The second kappa shape index (κ2) is 5.73. The first-order valence-corrected chi connectivity index (χ1v) is 8.74. The molecule has 2 aromatic carbocycles. The number of hydrogen-bond acceptors (Lipinski definition) is 2. The zero-order valence-corrected chi connectivity index (χ0v) is 14.0. The van der Waals surface area contributed by atoms with E-state index in [1.807, 2.05) is 41.1 Å². The third kappa shape index (κ3) is 2.65. The van der Waals surface area contributed by atoms with E-state index in [2.05, 4.69) is 5.32 Å². The first-order chi connectivity index (χ1) is 12.7. The van der Waals surface area contributed by atoms with E-state index >= 15 is 0 Å². The Hall–Kier alpha value is -3.08. The van der Waals surface area contributed by atoms with Gasteiger partial charge in [-0.25, -0.2) is 4.39 Å². The topological polar surface area (TPSA) is 47.2 Å². The minimum Gasteiger partial charge on any atom is -0.459 e. The average Bonchev–Trinajstić information content (AvgIpc) is 3.21. The molecule has 4 nitrogen and oxygen atoms in total. The zero-order valence-electron chi connectivity index (χ0n) is 14.0. The second-order valence-electron chi connectivity index (χ2n) is 6.83. The molecule has 1 aliphatic rings. The first kappa shape index (κ1) is 15.2. The van der Waals surface area contributed by atoms with Gasteiger partial charge in [-0.15, -0.1) is 0 Å². The lowest BCUT2D eigenvalue weighted by molar-refractivity contribution is 0.0952. The summed E-state index contributed by atoms with van der Waals surface area (Å²) < 4.78 is 21.2. The van der Waals surface area contributed by atoms with Gasteiger partial charge in [-0.2, -0.15) is 0 Å². The number of halogens is 1. The Morgan fingerprint density at radius 1 is 1.15 bits per heavy atom. The number of para-hydroxylation sites is 1. The molecule has 2 heterocycles. The highest BCUT2D eigenvalue weighted by molar-refractivity contribution is 6.06. The van der Waals surface area contributed by atoms with Gasteiger partial charge >= 0.3 is 0 Å². The standard InChI is InChI=1S/C21H17FN2O2/c22-15-5-4-14-10-17(26-19(14)11-15)12-24-9-8-13-2-1-3-18(20(13)24)21(25)23-16-6-7-16/h1-5,8-11,16H,6-7,12H2,(H,23,25).